The molecule has 0 saturated carbocycles. The average molecular weight is 325 g/mol. The number of hydrogen-bond acceptors (Lipinski definition) is 3. The summed E-state index contributed by atoms with van der Waals surface area (Å²) in [5.74, 6) is -0.363. The van der Waals surface area contributed by atoms with Crippen LogP contribution in [0.3, 0.4) is 0 Å². The third-order valence-electron chi connectivity index (χ3n) is 3.60. The summed E-state index contributed by atoms with van der Waals surface area (Å²) in [7, 11) is 0. The molecule has 0 aliphatic heterocycles. The molecule has 4 nitrogen and oxygen atoms in total. The molecule has 0 aliphatic rings. The minimum Gasteiger partial charge on any atom is -0.289 e. The lowest BCUT2D eigenvalue weighted by atomic mass is 10.00. The highest BCUT2D eigenvalue weighted by Gasteiger charge is 2.13. The monoisotopic (exact) mass is 324 g/mol. The molecule has 0 amide bonds. The Morgan fingerprint density at radius 1 is 1.04 bits per heavy atom. The summed E-state index contributed by atoms with van der Waals surface area (Å²) < 4.78 is 16.0. The normalized spacial score (nSPS) is 11.0. The van der Waals surface area contributed by atoms with Gasteiger partial charge < -0.3 is 0 Å². The van der Waals surface area contributed by atoms with Gasteiger partial charge in [-0.3, -0.25) is 9.38 Å². The molecular formula is C17H10ClFN4. The van der Waals surface area contributed by atoms with Crippen molar-refractivity contribution in [3.63, 3.8) is 0 Å². The maximum Gasteiger partial charge on any atom is 0.161 e. The van der Waals surface area contributed by atoms with E-state index in [9.17, 15) is 4.39 Å². The second-order valence-corrected chi connectivity index (χ2v) is 5.47. The Morgan fingerprint density at radius 2 is 1.96 bits per heavy atom. The van der Waals surface area contributed by atoms with Crippen LogP contribution in [-0.4, -0.2) is 19.6 Å². The fourth-order valence-corrected chi connectivity index (χ4v) is 2.69. The highest BCUT2D eigenvalue weighted by molar-refractivity contribution is 6.30. The van der Waals surface area contributed by atoms with Crippen molar-refractivity contribution in [2.24, 2.45) is 0 Å². The van der Waals surface area contributed by atoms with E-state index in [4.69, 9.17) is 11.6 Å². The standard InChI is InChI=1S/C17H10ClFN4/c18-12-3-4-15(19)14(9-12)17-13(2-1-6-20-17)11-5-7-23-10-21-22-16(23)8-11/h1-10H. The summed E-state index contributed by atoms with van der Waals surface area (Å²) in [5, 5.41) is 8.36. The number of fused-ring (bicyclic) bond motifs is 1. The van der Waals surface area contributed by atoms with E-state index >= 15 is 0 Å². The van der Waals surface area contributed by atoms with Gasteiger partial charge in [-0.05, 0) is 42.0 Å². The molecule has 112 valence electrons. The number of nitrogens with zero attached hydrogens (tertiary/aromatic N) is 4. The lowest BCUT2D eigenvalue weighted by molar-refractivity contribution is 0.631. The van der Waals surface area contributed by atoms with E-state index in [2.05, 4.69) is 15.2 Å². The number of benzene rings is 1. The Bertz CT molecular complexity index is 1010. The first kappa shape index (κ1) is 13.8. The van der Waals surface area contributed by atoms with Crippen LogP contribution in [0.2, 0.25) is 5.02 Å². The Kier molecular flexibility index (Phi) is 3.28. The van der Waals surface area contributed by atoms with Crippen LogP contribution in [0.4, 0.5) is 4.39 Å². The van der Waals surface area contributed by atoms with Crippen molar-refractivity contribution in [1.82, 2.24) is 19.6 Å². The zero-order valence-electron chi connectivity index (χ0n) is 11.8. The van der Waals surface area contributed by atoms with Crippen molar-refractivity contribution in [3.05, 3.63) is 72.0 Å². The quantitative estimate of drug-likeness (QED) is 0.553. The van der Waals surface area contributed by atoms with Crippen LogP contribution < -0.4 is 0 Å². The third-order valence-corrected chi connectivity index (χ3v) is 3.84. The van der Waals surface area contributed by atoms with Crippen molar-refractivity contribution in [2.75, 3.05) is 0 Å². The van der Waals surface area contributed by atoms with Crippen LogP contribution in [0.15, 0.2) is 61.2 Å². The number of pyridine rings is 2. The van der Waals surface area contributed by atoms with Gasteiger partial charge in [0, 0.05) is 28.5 Å². The van der Waals surface area contributed by atoms with Crippen molar-refractivity contribution >= 4 is 17.2 Å². The molecule has 0 spiro atoms. The van der Waals surface area contributed by atoms with Crippen LogP contribution in [-0.2, 0) is 0 Å². The lowest BCUT2D eigenvalue weighted by Gasteiger charge is -2.10. The largest absolute Gasteiger partial charge is 0.289 e. The predicted molar refractivity (Wildman–Crippen MR) is 86.6 cm³/mol. The van der Waals surface area contributed by atoms with E-state index in [1.54, 1.807) is 23.0 Å². The van der Waals surface area contributed by atoms with E-state index in [0.29, 0.717) is 21.9 Å². The van der Waals surface area contributed by atoms with E-state index in [0.717, 1.165) is 11.1 Å². The first-order valence-electron chi connectivity index (χ1n) is 6.92. The summed E-state index contributed by atoms with van der Waals surface area (Å²) >= 11 is 6.01. The highest BCUT2D eigenvalue weighted by atomic mass is 35.5. The van der Waals surface area contributed by atoms with Crippen molar-refractivity contribution < 1.29 is 4.39 Å². The molecule has 3 aromatic heterocycles. The number of rotatable bonds is 2. The zero-order valence-corrected chi connectivity index (χ0v) is 12.6. The summed E-state index contributed by atoms with van der Waals surface area (Å²) in [5.41, 5.74) is 3.31. The molecular weight excluding hydrogens is 315 g/mol. The second-order valence-electron chi connectivity index (χ2n) is 5.04. The van der Waals surface area contributed by atoms with Gasteiger partial charge in [-0.15, -0.1) is 10.2 Å². The smallest absolute Gasteiger partial charge is 0.161 e. The van der Waals surface area contributed by atoms with Gasteiger partial charge >= 0.3 is 0 Å². The molecule has 0 saturated heterocycles. The third kappa shape index (κ3) is 2.45. The molecule has 0 unspecified atom stereocenters. The second kappa shape index (κ2) is 5.44. The molecule has 0 N–H and O–H groups in total. The molecule has 1 aromatic carbocycles. The van der Waals surface area contributed by atoms with Crippen LogP contribution in [0.1, 0.15) is 0 Å². The fraction of sp³-hybridized carbons (Fsp3) is 0. The minimum absolute atomic E-state index is 0.363. The number of hydrogen-bond donors (Lipinski definition) is 0. The van der Waals surface area contributed by atoms with Gasteiger partial charge in [0.25, 0.3) is 0 Å². The van der Waals surface area contributed by atoms with E-state index < -0.39 is 0 Å². The van der Waals surface area contributed by atoms with E-state index in [1.807, 2.05) is 30.5 Å². The molecule has 4 aromatic rings. The van der Waals surface area contributed by atoms with Crippen molar-refractivity contribution in [2.45, 2.75) is 0 Å². The van der Waals surface area contributed by atoms with Gasteiger partial charge in [0.05, 0.1) is 5.69 Å². The van der Waals surface area contributed by atoms with Gasteiger partial charge in [-0.2, -0.15) is 0 Å². The number of halogens is 2. The maximum absolute atomic E-state index is 14.2. The zero-order chi connectivity index (χ0) is 15.8. The Morgan fingerprint density at radius 3 is 2.87 bits per heavy atom. The molecule has 0 bridgehead atoms. The Balaban J connectivity index is 1.94. The van der Waals surface area contributed by atoms with Crippen molar-refractivity contribution in [3.8, 4) is 22.4 Å². The van der Waals surface area contributed by atoms with Gasteiger partial charge in [0.15, 0.2) is 5.65 Å². The molecule has 6 heteroatoms. The van der Waals surface area contributed by atoms with Gasteiger partial charge in [0.1, 0.15) is 12.1 Å². The minimum atomic E-state index is -0.363. The van der Waals surface area contributed by atoms with Crippen LogP contribution in [0, 0.1) is 5.82 Å². The first-order chi connectivity index (χ1) is 11.2. The Hall–Kier alpha value is -2.79. The topological polar surface area (TPSA) is 43.1 Å². The highest BCUT2D eigenvalue weighted by Crippen LogP contribution is 2.33. The van der Waals surface area contributed by atoms with Gasteiger partial charge in [0.2, 0.25) is 0 Å². The molecule has 4 rings (SSSR count). The van der Waals surface area contributed by atoms with Crippen LogP contribution in [0.25, 0.3) is 28.0 Å². The SMILES string of the molecule is Fc1ccc(Cl)cc1-c1ncccc1-c1ccn2cnnc2c1. The van der Waals surface area contributed by atoms with Gasteiger partial charge in [-0.25, -0.2) is 4.39 Å². The summed E-state index contributed by atoms with van der Waals surface area (Å²) in [6.45, 7) is 0. The molecule has 0 aliphatic carbocycles. The predicted octanol–water partition coefficient (Wildman–Crippen LogP) is 4.25. The van der Waals surface area contributed by atoms with E-state index in [-0.39, 0.29) is 5.82 Å². The molecule has 3 heterocycles. The first-order valence-corrected chi connectivity index (χ1v) is 7.30. The van der Waals surface area contributed by atoms with E-state index in [1.165, 1.54) is 12.1 Å². The summed E-state index contributed by atoms with van der Waals surface area (Å²) in [6, 6.07) is 12.0. The Labute approximate surface area is 136 Å². The average Bonchev–Trinajstić information content (AvgIpc) is 3.05. The van der Waals surface area contributed by atoms with Crippen LogP contribution in [0.5, 0.6) is 0 Å². The fourth-order valence-electron chi connectivity index (χ4n) is 2.52. The molecule has 0 fully saturated rings. The van der Waals surface area contributed by atoms with Crippen LogP contribution >= 0.6 is 11.6 Å². The molecule has 23 heavy (non-hydrogen) atoms. The van der Waals surface area contributed by atoms with Gasteiger partial charge in [-0.1, -0.05) is 17.7 Å². The summed E-state index contributed by atoms with van der Waals surface area (Å²) in [4.78, 5) is 4.35. The summed E-state index contributed by atoms with van der Waals surface area (Å²) in [6.07, 6.45) is 5.12. The maximum atomic E-state index is 14.2. The van der Waals surface area contributed by atoms with Crippen molar-refractivity contribution in [1.29, 1.82) is 0 Å². The lowest BCUT2D eigenvalue weighted by Crippen LogP contribution is -1.93. The number of aromatic nitrogens is 4. The molecule has 0 atom stereocenters. The molecule has 0 radical (unpaired) electrons.